The van der Waals surface area contributed by atoms with Gasteiger partial charge in [-0.3, -0.25) is 4.79 Å². The fourth-order valence-corrected chi connectivity index (χ4v) is 2.86. The normalized spacial score (nSPS) is 13.7. The number of hydrogen-bond donors (Lipinski definition) is 0. The van der Waals surface area contributed by atoms with E-state index < -0.39 is 5.97 Å². The minimum Gasteiger partial charge on any atom is -0.497 e. The number of carbonyl (C=O) groups excluding carboxylic acids is 2. The van der Waals surface area contributed by atoms with Gasteiger partial charge in [-0.25, -0.2) is 4.79 Å². The number of Topliss-reactive ketones (excluding diaryl/α,β-unsaturated/α-hetero) is 1. The van der Waals surface area contributed by atoms with E-state index in [-0.39, 0.29) is 23.1 Å². The highest BCUT2D eigenvalue weighted by atomic mass is 16.5. The van der Waals surface area contributed by atoms with Crippen LogP contribution in [-0.2, 0) is 0 Å². The molecule has 2 aromatic carbocycles. The number of methoxy groups -OCH3 is 2. The molecule has 0 amide bonds. The van der Waals surface area contributed by atoms with Crippen LogP contribution in [0.2, 0.25) is 0 Å². The van der Waals surface area contributed by atoms with Gasteiger partial charge in [0.05, 0.1) is 26.0 Å². The molecule has 146 valence electrons. The number of esters is 1. The van der Waals surface area contributed by atoms with Crippen molar-refractivity contribution in [1.29, 1.82) is 0 Å². The van der Waals surface area contributed by atoms with E-state index in [1.165, 1.54) is 31.6 Å². The Bertz CT molecular complexity index is 1110. The minimum atomic E-state index is -0.641. The maximum absolute atomic E-state index is 12.7. The van der Waals surface area contributed by atoms with Crippen LogP contribution < -0.4 is 18.9 Å². The summed E-state index contributed by atoms with van der Waals surface area (Å²) < 4.78 is 26.5. The Labute approximate surface area is 166 Å². The first-order chi connectivity index (χ1) is 14.1. The fraction of sp³-hybridized carbons (Fsp3) is 0.0909. The fourth-order valence-electron chi connectivity index (χ4n) is 2.86. The summed E-state index contributed by atoms with van der Waals surface area (Å²) in [5.41, 5.74) is 1.04. The first-order valence-electron chi connectivity index (χ1n) is 8.65. The summed E-state index contributed by atoms with van der Waals surface area (Å²) in [7, 11) is 3.09. The van der Waals surface area contributed by atoms with E-state index >= 15 is 0 Å². The average Bonchev–Trinajstić information content (AvgIpc) is 3.37. The van der Waals surface area contributed by atoms with E-state index in [9.17, 15) is 9.59 Å². The first kappa shape index (κ1) is 18.4. The van der Waals surface area contributed by atoms with E-state index in [1.54, 1.807) is 43.5 Å². The highest BCUT2D eigenvalue weighted by Gasteiger charge is 2.28. The molecule has 2 heterocycles. The second-order valence-electron chi connectivity index (χ2n) is 6.07. The number of carbonyl (C=O) groups is 2. The molecule has 0 saturated heterocycles. The molecule has 3 aromatic rings. The third-order valence-electron chi connectivity index (χ3n) is 4.30. The molecular weight excluding hydrogens is 376 g/mol. The van der Waals surface area contributed by atoms with Crippen molar-refractivity contribution in [2.75, 3.05) is 14.2 Å². The number of fused-ring (bicyclic) bond motifs is 1. The van der Waals surface area contributed by atoms with E-state index in [0.29, 0.717) is 28.4 Å². The highest BCUT2D eigenvalue weighted by Crippen LogP contribution is 2.36. The second kappa shape index (κ2) is 7.55. The molecule has 0 bridgehead atoms. The molecule has 0 radical (unpaired) electrons. The summed E-state index contributed by atoms with van der Waals surface area (Å²) in [5.74, 6) is 1.01. The van der Waals surface area contributed by atoms with Crippen LogP contribution in [0, 0.1) is 0 Å². The minimum absolute atomic E-state index is 0.0784. The molecule has 1 aliphatic rings. The van der Waals surface area contributed by atoms with Crippen molar-refractivity contribution in [2.45, 2.75) is 0 Å². The molecule has 4 rings (SSSR count). The molecule has 29 heavy (non-hydrogen) atoms. The quantitative estimate of drug-likeness (QED) is 0.367. The van der Waals surface area contributed by atoms with Crippen LogP contribution in [0.25, 0.3) is 6.08 Å². The van der Waals surface area contributed by atoms with Gasteiger partial charge in [-0.2, -0.15) is 0 Å². The number of rotatable bonds is 5. The number of ether oxygens (including phenoxy) is 4. The van der Waals surface area contributed by atoms with Crippen molar-refractivity contribution in [3.05, 3.63) is 77.4 Å². The van der Waals surface area contributed by atoms with Gasteiger partial charge < -0.3 is 23.4 Å². The molecule has 1 aliphatic heterocycles. The van der Waals surface area contributed by atoms with Gasteiger partial charge in [0.15, 0.2) is 5.76 Å². The smallest absolute Gasteiger partial charge is 0.379 e. The molecule has 1 aromatic heterocycles. The van der Waals surface area contributed by atoms with Crippen LogP contribution in [0.3, 0.4) is 0 Å². The third-order valence-corrected chi connectivity index (χ3v) is 4.30. The largest absolute Gasteiger partial charge is 0.497 e. The SMILES string of the molecule is COc1ccc(/C=C2\Oc3cc(OC(=O)c4ccco4)ccc3C2=O)c(OC)c1. The Kier molecular flexibility index (Phi) is 4.78. The lowest BCUT2D eigenvalue weighted by Gasteiger charge is -2.08. The molecule has 0 atom stereocenters. The lowest BCUT2D eigenvalue weighted by molar-refractivity contribution is 0.0701. The molecule has 0 unspecified atom stereocenters. The molecule has 0 aliphatic carbocycles. The predicted molar refractivity (Wildman–Crippen MR) is 103 cm³/mol. The number of allylic oxidation sites excluding steroid dienone is 1. The van der Waals surface area contributed by atoms with Crippen LogP contribution in [0.5, 0.6) is 23.0 Å². The summed E-state index contributed by atoms with van der Waals surface area (Å²) >= 11 is 0. The number of hydrogen-bond acceptors (Lipinski definition) is 7. The van der Waals surface area contributed by atoms with Crippen molar-refractivity contribution in [1.82, 2.24) is 0 Å². The van der Waals surface area contributed by atoms with Gasteiger partial charge in [0.25, 0.3) is 0 Å². The zero-order chi connectivity index (χ0) is 20.4. The number of furan rings is 1. The zero-order valence-electron chi connectivity index (χ0n) is 15.6. The topological polar surface area (TPSA) is 84.2 Å². The first-order valence-corrected chi connectivity index (χ1v) is 8.65. The summed E-state index contributed by atoms with van der Waals surface area (Å²) in [6, 6.07) is 12.9. The third kappa shape index (κ3) is 3.58. The van der Waals surface area contributed by atoms with Gasteiger partial charge in [0.2, 0.25) is 11.5 Å². The van der Waals surface area contributed by atoms with Crippen molar-refractivity contribution in [3.63, 3.8) is 0 Å². The number of benzene rings is 2. The van der Waals surface area contributed by atoms with E-state index in [4.69, 9.17) is 23.4 Å². The summed E-state index contributed by atoms with van der Waals surface area (Å²) in [6.07, 6.45) is 2.97. The van der Waals surface area contributed by atoms with Crippen molar-refractivity contribution < 1.29 is 33.0 Å². The molecular formula is C22H16O7. The maximum Gasteiger partial charge on any atom is 0.379 e. The van der Waals surface area contributed by atoms with Gasteiger partial charge in [-0.05, 0) is 42.5 Å². The highest BCUT2D eigenvalue weighted by molar-refractivity contribution is 6.14. The van der Waals surface area contributed by atoms with Crippen molar-refractivity contribution in [3.8, 4) is 23.0 Å². The summed E-state index contributed by atoms with van der Waals surface area (Å²) in [4.78, 5) is 24.7. The Morgan fingerprint density at radius 1 is 1.00 bits per heavy atom. The van der Waals surface area contributed by atoms with Gasteiger partial charge in [0.1, 0.15) is 23.0 Å². The number of ketones is 1. The Balaban J connectivity index is 1.58. The van der Waals surface area contributed by atoms with Crippen LogP contribution >= 0.6 is 0 Å². The average molecular weight is 392 g/mol. The Hall–Kier alpha value is -4.00. The van der Waals surface area contributed by atoms with E-state index in [2.05, 4.69) is 0 Å². The molecule has 7 nitrogen and oxygen atoms in total. The van der Waals surface area contributed by atoms with Crippen LogP contribution in [-0.4, -0.2) is 26.0 Å². The zero-order valence-corrected chi connectivity index (χ0v) is 15.6. The monoisotopic (exact) mass is 392 g/mol. The Morgan fingerprint density at radius 2 is 1.83 bits per heavy atom. The van der Waals surface area contributed by atoms with Crippen molar-refractivity contribution >= 4 is 17.8 Å². The molecule has 0 N–H and O–H groups in total. The van der Waals surface area contributed by atoms with Gasteiger partial charge in [-0.15, -0.1) is 0 Å². The lowest BCUT2D eigenvalue weighted by atomic mass is 10.1. The van der Waals surface area contributed by atoms with Crippen LogP contribution in [0.15, 0.2) is 65.0 Å². The van der Waals surface area contributed by atoms with Gasteiger partial charge in [-0.1, -0.05) is 0 Å². The Morgan fingerprint density at radius 3 is 2.55 bits per heavy atom. The van der Waals surface area contributed by atoms with E-state index in [0.717, 1.165) is 0 Å². The molecule has 0 spiro atoms. The summed E-state index contributed by atoms with van der Waals surface area (Å²) in [6.45, 7) is 0. The maximum atomic E-state index is 12.7. The second-order valence-corrected chi connectivity index (χ2v) is 6.07. The predicted octanol–water partition coefficient (Wildman–Crippen LogP) is 4.13. The van der Waals surface area contributed by atoms with E-state index in [1.807, 2.05) is 0 Å². The standard InChI is InChI=1S/C22H16O7/c1-25-14-6-5-13(18(11-14)26-2)10-20-21(23)16-8-7-15(12-19(16)29-20)28-22(24)17-4-3-9-27-17/h3-12H,1-2H3/b20-10-. The lowest BCUT2D eigenvalue weighted by Crippen LogP contribution is -2.07. The van der Waals surface area contributed by atoms with Gasteiger partial charge in [0, 0.05) is 17.7 Å². The summed E-state index contributed by atoms with van der Waals surface area (Å²) in [5, 5.41) is 0. The molecule has 0 fully saturated rings. The molecule has 0 saturated carbocycles. The van der Waals surface area contributed by atoms with Gasteiger partial charge >= 0.3 is 5.97 Å². The van der Waals surface area contributed by atoms with Crippen molar-refractivity contribution in [2.24, 2.45) is 0 Å². The molecule has 7 heteroatoms. The van der Waals surface area contributed by atoms with Crippen LogP contribution in [0.4, 0.5) is 0 Å². The van der Waals surface area contributed by atoms with Crippen LogP contribution in [0.1, 0.15) is 26.5 Å².